The van der Waals surface area contributed by atoms with Gasteiger partial charge in [0, 0.05) is 30.8 Å². The molecule has 2 aromatic rings. The summed E-state index contributed by atoms with van der Waals surface area (Å²) in [5.74, 6) is 0.506. The maximum atomic E-state index is 12.5. The van der Waals surface area contributed by atoms with E-state index in [0.717, 1.165) is 6.42 Å². The first-order chi connectivity index (χ1) is 12.1. The topological polar surface area (TPSA) is 84.8 Å². The van der Waals surface area contributed by atoms with Crippen molar-refractivity contribution in [2.75, 3.05) is 19.7 Å². The van der Waals surface area contributed by atoms with Crippen LogP contribution in [0.2, 0.25) is 0 Å². The highest BCUT2D eigenvalue weighted by molar-refractivity contribution is 5.95. The molecule has 1 aromatic heterocycles. The van der Waals surface area contributed by atoms with Crippen molar-refractivity contribution >= 4 is 5.91 Å². The average molecular weight is 341 g/mol. The van der Waals surface area contributed by atoms with Crippen molar-refractivity contribution in [3.63, 3.8) is 0 Å². The zero-order valence-electron chi connectivity index (χ0n) is 13.7. The fraction of sp³-hybridized carbons (Fsp3) is 0.389. The Labute approximate surface area is 145 Å². The van der Waals surface area contributed by atoms with Crippen LogP contribution in [0.15, 0.2) is 42.9 Å². The molecule has 1 aromatic carbocycles. The van der Waals surface area contributed by atoms with Crippen LogP contribution in [-0.2, 0) is 4.74 Å². The number of likely N-dealkylation sites (tertiary alicyclic amines) is 1. The molecule has 130 valence electrons. The van der Waals surface area contributed by atoms with Crippen molar-refractivity contribution in [1.29, 1.82) is 0 Å². The average Bonchev–Trinajstić information content (AvgIpc) is 2.60. The Balaban J connectivity index is 1.37. The summed E-state index contributed by atoms with van der Waals surface area (Å²) in [5, 5.41) is 9.53. The molecule has 7 nitrogen and oxygen atoms in total. The summed E-state index contributed by atoms with van der Waals surface area (Å²) in [6, 6.07) is 6.40. The zero-order chi connectivity index (χ0) is 17.3. The summed E-state index contributed by atoms with van der Waals surface area (Å²) in [4.78, 5) is 22.4. The first-order valence-corrected chi connectivity index (χ1v) is 8.29. The zero-order valence-corrected chi connectivity index (χ0v) is 13.7. The molecule has 3 heterocycles. The van der Waals surface area contributed by atoms with Crippen LogP contribution in [0.5, 0.6) is 11.6 Å². The lowest BCUT2D eigenvalue weighted by atomic mass is 9.84. The van der Waals surface area contributed by atoms with Gasteiger partial charge in [-0.05, 0) is 18.2 Å². The number of rotatable bonds is 3. The van der Waals surface area contributed by atoms with Gasteiger partial charge in [-0.3, -0.25) is 9.78 Å². The molecule has 0 unspecified atom stereocenters. The molecule has 1 spiro atoms. The fourth-order valence-corrected chi connectivity index (χ4v) is 3.44. The first kappa shape index (κ1) is 15.8. The summed E-state index contributed by atoms with van der Waals surface area (Å²) in [5.41, 5.74) is 0.135. The number of hydrogen-bond acceptors (Lipinski definition) is 6. The van der Waals surface area contributed by atoms with E-state index < -0.39 is 0 Å². The number of carbonyl (C=O) groups excluding carboxylic acids is 1. The minimum absolute atomic E-state index is 0.00321. The molecule has 0 saturated carbocycles. The highest BCUT2D eigenvalue weighted by atomic mass is 16.5. The van der Waals surface area contributed by atoms with E-state index in [0.29, 0.717) is 37.6 Å². The van der Waals surface area contributed by atoms with E-state index in [2.05, 4.69) is 9.97 Å². The van der Waals surface area contributed by atoms with Crippen LogP contribution in [-0.4, -0.2) is 57.3 Å². The van der Waals surface area contributed by atoms with Gasteiger partial charge in [0.05, 0.1) is 25.9 Å². The minimum atomic E-state index is -0.350. The third-order valence-electron chi connectivity index (χ3n) is 4.61. The number of ether oxygens (including phenoxy) is 2. The van der Waals surface area contributed by atoms with Crippen LogP contribution in [0, 0.1) is 0 Å². The van der Waals surface area contributed by atoms with E-state index in [4.69, 9.17) is 9.47 Å². The minimum Gasteiger partial charge on any atom is -0.508 e. The van der Waals surface area contributed by atoms with Gasteiger partial charge in [0.2, 0.25) is 5.88 Å². The molecule has 2 aliphatic rings. The number of amides is 1. The van der Waals surface area contributed by atoms with E-state index in [9.17, 15) is 9.90 Å². The maximum Gasteiger partial charge on any atom is 0.254 e. The molecule has 2 aliphatic heterocycles. The highest BCUT2D eigenvalue weighted by Crippen LogP contribution is 2.36. The number of phenolic OH excluding ortho intramolecular Hbond substituents is 1. The van der Waals surface area contributed by atoms with Crippen LogP contribution in [0.3, 0.4) is 0 Å². The predicted octanol–water partition coefficient (Wildman–Crippen LogP) is 1.63. The SMILES string of the molecule is O=C(c1cccc(O)c1)N1CC2(C[C@@H](Oc3cnccn3)CCO2)C1. The van der Waals surface area contributed by atoms with Crippen LogP contribution >= 0.6 is 0 Å². The van der Waals surface area contributed by atoms with Crippen molar-refractivity contribution in [2.45, 2.75) is 24.5 Å². The molecule has 1 atom stereocenters. The Morgan fingerprint density at radius 2 is 2.24 bits per heavy atom. The number of nitrogens with zero attached hydrogens (tertiary/aromatic N) is 3. The Kier molecular flexibility index (Phi) is 4.01. The van der Waals surface area contributed by atoms with Gasteiger partial charge in [-0.15, -0.1) is 0 Å². The van der Waals surface area contributed by atoms with Gasteiger partial charge in [-0.25, -0.2) is 4.98 Å². The molecule has 7 heteroatoms. The molecule has 0 radical (unpaired) electrons. The second kappa shape index (κ2) is 6.33. The summed E-state index contributed by atoms with van der Waals surface area (Å²) in [6.07, 6.45) is 6.31. The number of phenols is 1. The van der Waals surface area contributed by atoms with Crippen LogP contribution in [0.25, 0.3) is 0 Å². The van der Waals surface area contributed by atoms with Gasteiger partial charge in [0.1, 0.15) is 17.5 Å². The Bertz CT molecular complexity index is 762. The molecule has 0 bridgehead atoms. The van der Waals surface area contributed by atoms with Gasteiger partial charge in [0.25, 0.3) is 5.91 Å². The lowest BCUT2D eigenvalue weighted by molar-refractivity contribution is -0.174. The normalized spacial score (nSPS) is 21.6. The quantitative estimate of drug-likeness (QED) is 0.913. The summed E-state index contributed by atoms with van der Waals surface area (Å²) >= 11 is 0. The summed E-state index contributed by atoms with van der Waals surface area (Å²) in [7, 11) is 0. The van der Waals surface area contributed by atoms with Gasteiger partial charge >= 0.3 is 0 Å². The molecular weight excluding hydrogens is 322 g/mol. The third kappa shape index (κ3) is 3.28. The number of aromatic hydroxyl groups is 1. The monoisotopic (exact) mass is 341 g/mol. The van der Waals surface area contributed by atoms with Crippen LogP contribution < -0.4 is 4.74 Å². The van der Waals surface area contributed by atoms with Crippen LogP contribution in [0.1, 0.15) is 23.2 Å². The molecule has 25 heavy (non-hydrogen) atoms. The van der Waals surface area contributed by atoms with Gasteiger partial charge < -0.3 is 19.5 Å². The van der Waals surface area contributed by atoms with Crippen molar-refractivity contribution in [3.05, 3.63) is 48.4 Å². The van der Waals surface area contributed by atoms with Crippen molar-refractivity contribution in [2.24, 2.45) is 0 Å². The first-order valence-electron chi connectivity index (χ1n) is 8.29. The molecule has 2 saturated heterocycles. The standard InChI is InChI=1S/C18H19N3O4/c22-14-3-1-2-13(8-14)17(23)21-11-18(12-21)9-15(4-7-24-18)25-16-10-19-5-6-20-16/h1-3,5-6,8,10,15,22H,4,7,9,11-12H2/t15-/m0/s1. The van der Waals surface area contributed by atoms with Gasteiger partial charge in [-0.1, -0.05) is 6.07 Å². The van der Waals surface area contributed by atoms with E-state index in [1.807, 2.05) is 0 Å². The van der Waals surface area contributed by atoms with Gasteiger partial charge in [0.15, 0.2) is 0 Å². The smallest absolute Gasteiger partial charge is 0.254 e. The van der Waals surface area contributed by atoms with Crippen LogP contribution in [0.4, 0.5) is 0 Å². The fourth-order valence-electron chi connectivity index (χ4n) is 3.44. The molecular formula is C18H19N3O4. The molecule has 1 amide bonds. The number of aromatic nitrogens is 2. The largest absolute Gasteiger partial charge is 0.508 e. The second-order valence-electron chi connectivity index (χ2n) is 6.52. The maximum absolute atomic E-state index is 12.5. The number of benzene rings is 1. The Morgan fingerprint density at radius 1 is 1.36 bits per heavy atom. The summed E-state index contributed by atoms with van der Waals surface area (Å²) < 4.78 is 11.8. The highest BCUT2D eigenvalue weighted by Gasteiger charge is 2.50. The Morgan fingerprint density at radius 3 is 3.00 bits per heavy atom. The van der Waals surface area contributed by atoms with E-state index in [1.165, 1.54) is 6.07 Å². The van der Waals surface area contributed by atoms with E-state index in [-0.39, 0.29) is 23.4 Å². The second-order valence-corrected chi connectivity index (χ2v) is 6.52. The van der Waals surface area contributed by atoms with Gasteiger partial charge in [-0.2, -0.15) is 0 Å². The lowest BCUT2D eigenvalue weighted by Crippen LogP contribution is -2.67. The number of hydrogen-bond donors (Lipinski definition) is 1. The van der Waals surface area contributed by atoms with E-state index in [1.54, 1.807) is 41.7 Å². The van der Waals surface area contributed by atoms with Crippen molar-refractivity contribution < 1.29 is 19.4 Å². The Hall–Kier alpha value is -2.67. The van der Waals surface area contributed by atoms with Crippen molar-refractivity contribution in [3.8, 4) is 11.6 Å². The molecule has 0 aliphatic carbocycles. The molecule has 4 rings (SSSR count). The van der Waals surface area contributed by atoms with E-state index >= 15 is 0 Å². The number of carbonyl (C=O) groups is 1. The van der Waals surface area contributed by atoms with Crippen molar-refractivity contribution in [1.82, 2.24) is 14.9 Å². The predicted molar refractivity (Wildman–Crippen MR) is 88.4 cm³/mol. The molecule has 1 N–H and O–H groups in total. The third-order valence-corrected chi connectivity index (χ3v) is 4.61. The summed E-state index contributed by atoms with van der Waals surface area (Å²) in [6.45, 7) is 1.66. The lowest BCUT2D eigenvalue weighted by Gasteiger charge is -2.52. The molecule has 2 fully saturated rings.